The van der Waals surface area contributed by atoms with Gasteiger partial charge in [-0.1, -0.05) is 5.16 Å². The van der Waals surface area contributed by atoms with E-state index in [0.29, 0.717) is 63.9 Å². The molecule has 0 atom stereocenters. The van der Waals surface area contributed by atoms with Crippen molar-refractivity contribution >= 4 is 29.9 Å². The van der Waals surface area contributed by atoms with Gasteiger partial charge in [0, 0.05) is 39.3 Å². The van der Waals surface area contributed by atoms with Crippen molar-refractivity contribution in [3.05, 3.63) is 11.9 Å². The van der Waals surface area contributed by atoms with Gasteiger partial charge in [0.2, 0.25) is 0 Å². The summed E-state index contributed by atoms with van der Waals surface area (Å²) in [6.45, 7) is 3.60. The second-order valence-corrected chi connectivity index (χ2v) is 6.25. The van der Waals surface area contributed by atoms with E-state index < -0.39 is 6.09 Å². The molecule has 2 amide bonds. The maximum absolute atomic E-state index is 12.0. The first-order valence-corrected chi connectivity index (χ1v) is 8.90. The van der Waals surface area contributed by atoms with Gasteiger partial charge in [0.1, 0.15) is 18.0 Å². The summed E-state index contributed by atoms with van der Waals surface area (Å²) in [6, 6.07) is 0. The molecule has 12 heteroatoms. The van der Waals surface area contributed by atoms with Crippen molar-refractivity contribution in [2.45, 2.75) is 0 Å². The Morgan fingerprint density at radius 2 is 1.89 bits per heavy atom. The fourth-order valence-electron chi connectivity index (χ4n) is 2.97. The highest BCUT2D eigenvalue weighted by Crippen LogP contribution is 2.21. The maximum atomic E-state index is 12.0. The molecule has 0 spiro atoms. The first-order chi connectivity index (χ1) is 13.6. The van der Waals surface area contributed by atoms with Crippen molar-refractivity contribution in [3.8, 4) is 0 Å². The summed E-state index contributed by atoms with van der Waals surface area (Å²) in [7, 11) is 0. The molecule has 28 heavy (non-hydrogen) atoms. The number of morpholine rings is 1. The normalized spacial score (nSPS) is 17.8. The smallest absolute Gasteiger partial charge is 0.407 e. The van der Waals surface area contributed by atoms with Gasteiger partial charge in [0.25, 0.3) is 5.91 Å². The minimum absolute atomic E-state index is 0.164. The molecule has 0 radical (unpaired) electrons. The molecule has 0 aliphatic carbocycles. The fourth-order valence-corrected chi connectivity index (χ4v) is 2.97. The lowest BCUT2D eigenvalue weighted by atomic mass is 10.2. The summed E-state index contributed by atoms with van der Waals surface area (Å²) in [5, 5.41) is 12.9. The predicted molar refractivity (Wildman–Crippen MR) is 99.2 cm³/mol. The van der Waals surface area contributed by atoms with Gasteiger partial charge in [0.05, 0.1) is 25.0 Å². The molecule has 2 saturated heterocycles. The molecule has 2 fully saturated rings. The third-order valence-corrected chi connectivity index (χ3v) is 4.55. The van der Waals surface area contributed by atoms with E-state index in [1.54, 1.807) is 4.90 Å². The molecule has 152 valence electrons. The number of carboxylic acid groups (broad SMARTS) is 1. The van der Waals surface area contributed by atoms with Crippen LogP contribution in [-0.4, -0.2) is 102 Å². The van der Waals surface area contributed by atoms with Crippen molar-refractivity contribution in [3.63, 3.8) is 0 Å². The Labute approximate surface area is 161 Å². The molecule has 0 aromatic carbocycles. The predicted octanol–water partition coefficient (Wildman–Crippen LogP) is -0.932. The summed E-state index contributed by atoms with van der Waals surface area (Å²) in [5.74, 6) is 0.602. The first kappa shape index (κ1) is 19.6. The zero-order valence-corrected chi connectivity index (χ0v) is 15.4. The van der Waals surface area contributed by atoms with Crippen LogP contribution in [0.25, 0.3) is 0 Å². The third-order valence-electron chi connectivity index (χ3n) is 4.55. The van der Waals surface area contributed by atoms with Crippen LogP contribution in [0.3, 0.4) is 0 Å². The second-order valence-electron chi connectivity index (χ2n) is 6.25. The van der Waals surface area contributed by atoms with Crippen LogP contribution in [0.15, 0.2) is 11.5 Å². The number of hydrogen-bond acceptors (Lipinski definition) is 9. The van der Waals surface area contributed by atoms with Gasteiger partial charge in [0.15, 0.2) is 6.61 Å². The number of hydrogen-bond donors (Lipinski definition) is 2. The molecule has 2 aliphatic heterocycles. The largest absolute Gasteiger partial charge is 0.465 e. The number of carbonyl (C=O) groups is 2. The van der Waals surface area contributed by atoms with Gasteiger partial charge in [-0.15, -0.1) is 0 Å². The van der Waals surface area contributed by atoms with Crippen LogP contribution in [0.2, 0.25) is 0 Å². The van der Waals surface area contributed by atoms with E-state index in [9.17, 15) is 9.59 Å². The van der Waals surface area contributed by atoms with Crippen molar-refractivity contribution in [1.82, 2.24) is 19.8 Å². The Bertz CT molecular complexity index is 730. The molecule has 0 bridgehead atoms. The first-order valence-electron chi connectivity index (χ1n) is 8.90. The highest BCUT2D eigenvalue weighted by Gasteiger charge is 2.23. The van der Waals surface area contributed by atoms with Crippen LogP contribution in [0.4, 0.5) is 16.4 Å². The van der Waals surface area contributed by atoms with Crippen LogP contribution >= 0.6 is 0 Å². The molecule has 0 unspecified atom stereocenters. The number of nitrogen functional groups attached to an aromatic ring is 1. The zero-order valence-electron chi connectivity index (χ0n) is 15.4. The summed E-state index contributed by atoms with van der Waals surface area (Å²) in [6.07, 6.45) is 1.77. The Morgan fingerprint density at radius 3 is 2.57 bits per heavy atom. The molecule has 12 nitrogen and oxygen atoms in total. The topological polar surface area (TPSA) is 147 Å². The number of nitrogens with two attached hydrogens (primary N) is 1. The average Bonchev–Trinajstić information content (AvgIpc) is 2.72. The summed E-state index contributed by atoms with van der Waals surface area (Å²) in [4.78, 5) is 41.3. The Kier molecular flexibility index (Phi) is 6.42. The summed E-state index contributed by atoms with van der Waals surface area (Å²) in [5.41, 5.74) is 6.41. The molecular weight excluding hydrogens is 370 g/mol. The van der Waals surface area contributed by atoms with Crippen LogP contribution in [0, 0.1) is 0 Å². The van der Waals surface area contributed by atoms with E-state index in [0.717, 1.165) is 0 Å². The van der Waals surface area contributed by atoms with Gasteiger partial charge in [-0.3, -0.25) is 4.79 Å². The van der Waals surface area contributed by atoms with E-state index >= 15 is 0 Å². The second kappa shape index (κ2) is 9.17. The van der Waals surface area contributed by atoms with Crippen LogP contribution in [0.5, 0.6) is 0 Å². The number of oxime groups is 1. The van der Waals surface area contributed by atoms with Gasteiger partial charge < -0.3 is 35.1 Å². The van der Waals surface area contributed by atoms with Gasteiger partial charge >= 0.3 is 6.09 Å². The number of ether oxygens (including phenoxy) is 1. The van der Waals surface area contributed by atoms with Crippen molar-refractivity contribution < 1.29 is 24.3 Å². The lowest BCUT2D eigenvalue weighted by molar-refractivity contribution is -0.140. The Hall–Kier alpha value is -3.15. The SMILES string of the molecule is Nc1ncnc(N2CCN(C(=O)O)CC2)c1/C=N/OCC(=O)N1CCOCC1. The number of anilines is 2. The monoisotopic (exact) mass is 393 g/mol. The molecule has 2 aliphatic rings. The highest BCUT2D eigenvalue weighted by molar-refractivity contribution is 5.91. The molecule has 3 heterocycles. The van der Waals surface area contributed by atoms with Gasteiger partial charge in [-0.2, -0.15) is 0 Å². The molecule has 0 saturated carbocycles. The van der Waals surface area contributed by atoms with E-state index in [-0.39, 0.29) is 18.3 Å². The standard InChI is InChI=1S/C16H23N7O5/c17-14-12(9-20-28-10-13(24)21-5-7-27-8-6-21)15(19-11-18-14)22-1-3-23(4-2-22)16(25)26/h9,11H,1-8,10H2,(H,25,26)(H2,17,18,19)/b20-9+. The number of rotatable bonds is 5. The van der Waals surface area contributed by atoms with Crippen LogP contribution in [-0.2, 0) is 14.4 Å². The lowest BCUT2D eigenvalue weighted by Crippen LogP contribution is -2.48. The summed E-state index contributed by atoms with van der Waals surface area (Å²) >= 11 is 0. The molecule has 1 aromatic heterocycles. The number of carbonyl (C=O) groups excluding carboxylic acids is 1. The van der Waals surface area contributed by atoms with Crippen LogP contribution in [0.1, 0.15) is 5.56 Å². The van der Waals surface area contributed by atoms with Gasteiger partial charge in [-0.25, -0.2) is 14.8 Å². The molecule has 3 N–H and O–H groups in total. The number of aromatic nitrogens is 2. The Morgan fingerprint density at radius 1 is 1.18 bits per heavy atom. The molecular formula is C16H23N7O5. The van der Waals surface area contributed by atoms with Crippen molar-refractivity contribution in [1.29, 1.82) is 0 Å². The summed E-state index contributed by atoms with van der Waals surface area (Å²) < 4.78 is 5.20. The lowest BCUT2D eigenvalue weighted by Gasteiger charge is -2.34. The Balaban J connectivity index is 1.60. The van der Waals surface area contributed by atoms with Crippen LogP contribution < -0.4 is 10.6 Å². The molecule has 1 aromatic rings. The maximum Gasteiger partial charge on any atom is 0.407 e. The fraction of sp³-hybridized carbons (Fsp3) is 0.562. The van der Waals surface area contributed by atoms with Crippen molar-refractivity contribution in [2.24, 2.45) is 5.16 Å². The minimum atomic E-state index is -0.943. The van der Waals surface area contributed by atoms with Crippen molar-refractivity contribution in [2.75, 3.05) is 69.7 Å². The minimum Gasteiger partial charge on any atom is -0.465 e. The zero-order chi connectivity index (χ0) is 19.9. The number of nitrogens with zero attached hydrogens (tertiary/aromatic N) is 6. The quantitative estimate of drug-likeness (QED) is 0.478. The number of piperazine rings is 1. The average molecular weight is 393 g/mol. The van der Waals surface area contributed by atoms with Gasteiger partial charge in [-0.05, 0) is 0 Å². The number of amides is 2. The van der Waals surface area contributed by atoms with E-state index in [2.05, 4.69) is 15.1 Å². The highest BCUT2D eigenvalue weighted by atomic mass is 16.6. The van der Waals surface area contributed by atoms with E-state index in [1.165, 1.54) is 17.4 Å². The van der Waals surface area contributed by atoms with E-state index in [4.69, 9.17) is 20.4 Å². The third kappa shape index (κ3) is 4.76. The molecule has 3 rings (SSSR count). The van der Waals surface area contributed by atoms with E-state index in [1.807, 2.05) is 4.90 Å².